The summed E-state index contributed by atoms with van der Waals surface area (Å²) in [6, 6.07) is 0.123. The molecule has 0 radical (unpaired) electrons. The summed E-state index contributed by atoms with van der Waals surface area (Å²) in [6.45, 7) is 3.59. The standard InChI is InChI=1S/C12H19Cl2N3O2/c1-11(7-12(11,13)14)10(19)16-8-2-4-17(5-3-8)6-9(15)18/h8H,2-7H2,1H3,(H2,15,18)(H,16,19)/t11-/m0/s1. The first-order chi connectivity index (χ1) is 8.74. The summed E-state index contributed by atoms with van der Waals surface area (Å²) in [6.07, 6.45) is 2.12. The minimum Gasteiger partial charge on any atom is -0.369 e. The van der Waals surface area contributed by atoms with Crippen LogP contribution in [0.5, 0.6) is 0 Å². The predicted octanol–water partition coefficient (Wildman–Crippen LogP) is 0.636. The molecule has 0 bridgehead atoms. The number of carbonyl (C=O) groups is 2. The van der Waals surface area contributed by atoms with E-state index >= 15 is 0 Å². The van der Waals surface area contributed by atoms with Gasteiger partial charge in [0.1, 0.15) is 4.33 Å². The third-order valence-corrected chi connectivity index (χ3v) is 5.16. The Bertz CT molecular complexity index is 394. The van der Waals surface area contributed by atoms with Gasteiger partial charge in [0.15, 0.2) is 0 Å². The molecule has 0 aromatic rings. The van der Waals surface area contributed by atoms with Gasteiger partial charge in [-0.1, -0.05) is 0 Å². The van der Waals surface area contributed by atoms with Gasteiger partial charge in [0, 0.05) is 19.1 Å². The Labute approximate surface area is 122 Å². The van der Waals surface area contributed by atoms with Gasteiger partial charge in [0.2, 0.25) is 11.8 Å². The highest BCUT2D eigenvalue weighted by molar-refractivity contribution is 6.53. The van der Waals surface area contributed by atoms with Gasteiger partial charge in [0.05, 0.1) is 12.0 Å². The molecular formula is C12H19Cl2N3O2. The van der Waals surface area contributed by atoms with Crippen LogP contribution in [0.2, 0.25) is 0 Å². The molecule has 0 aromatic heterocycles. The summed E-state index contributed by atoms with van der Waals surface area (Å²) in [4.78, 5) is 24.9. The topological polar surface area (TPSA) is 75.4 Å². The molecule has 5 nitrogen and oxygen atoms in total. The lowest BCUT2D eigenvalue weighted by molar-refractivity contribution is -0.127. The number of hydrogen-bond donors (Lipinski definition) is 2. The van der Waals surface area contributed by atoms with E-state index in [1.807, 2.05) is 4.90 Å². The highest BCUT2D eigenvalue weighted by Gasteiger charge is 2.68. The molecule has 3 N–H and O–H groups in total. The summed E-state index contributed by atoms with van der Waals surface area (Å²) in [5.74, 6) is -0.395. The van der Waals surface area contributed by atoms with Gasteiger partial charge < -0.3 is 11.1 Å². The Morgan fingerprint density at radius 1 is 1.37 bits per heavy atom. The molecule has 7 heteroatoms. The number of halogens is 2. The molecule has 1 heterocycles. The van der Waals surface area contributed by atoms with Crippen molar-refractivity contribution in [2.75, 3.05) is 19.6 Å². The van der Waals surface area contributed by atoms with Crippen molar-refractivity contribution < 1.29 is 9.59 Å². The maximum Gasteiger partial charge on any atom is 0.231 e. The van der Waals surface area contributed by atoms with Crippen molar-refractivity contribution in [3.05, 3.63) is 0 Å². The molecule has 2 amide bonds. The summed E-state index contributed by atoms with van der Waals surface area (Å²) in [5, 5.41) is 3.00. The zero-order valence-electron chi connectivity index (χ0n) is 10.9. The molecular weight excluding hydrogens is 289 g/mol. The van der Waals surface area contributed by atoms with Crippen LogP contribution >= 0.6 is 23.2 Å². The first-order valence-corrected chi connectivity index (χ1v) is 7.20. The van der Waals surface area contributed by atoms with E-state index in [1.54, 1.807) is 6.92 Å². The Hall–Kier alpha value is -0.520. The van der Waals surface area contributed by atoms with Gasteiger partial charge in [-0.3, -0.25) is 14.5 Å². The van der Waals surface area contributed by atoms with E-state index < -0.39 is 9.75 Å². The van der Waals surface area contributed by atoms with Crippen LogP contribution in [0.3, 0.4) is 0 Å². The van der Waals surface area contributed by atoms with Crippen LogP contribution < -0.4 is 11.1 Å². The molecule has 1 aliphatic carbocycles. The number of amides is 2. The van der Waals surface area contributed by atoms with Gasteiger partial charge in [-0.2, -0.15) is 0 Å². The number of alkyl halides is 2. The van der Waals surface area contributed by atoms with E-state index in [9.17, 15) is 9.59 Å². The second-order valence-corrected chi connectivity index (χ2v) is 7.19. The van der Waals surface area contributed by atoms with Crippen LogP contribution in [-0.2, 0) is 9.59 Å². The second-order valence-electron chi connectivity index (χ2n) is 5.70. The van der Waals surface area contributed by atoms with Crippen LogP contribution in [0.4, 0.5) is 0 Å². The fraction of sp³-hybridized carbons (Fsp3) is 0.833. The lowest BCUT2D eigenvalue weighted by Gasteiger charge is -2.32. The van der Waals surface area contributed by atoms with E-state index in [-0.39, 0.29) is 24.4 Å². The lowest BCUT2D eigenvalue weighted by Crippen LogP contribution is -2.48. The van der Waals surface area contributed by atoms with Crippen LogP contribution in [0.15, 0.2) is 0 Å². The van der Waals surface area contributed by atoms with Gasteiger partial charge in [-0.05, 0) is 26.2 Å². The molecule has 2 fully saturated rings. The highest BCUT2D eigenvalue weighted by Crippen LogP contribution is 2.63. The zero-order valence-corrected chi connectivity index (χ0v) is 12.4. The summed E-state index contributed by atoms with van der Waals surface area (Å²) < 4.78 is -0.927. The molecule has 0 aromatic carbocycles. The SMILES string of the molecule is C[C@@]1(C(=O)NC2CCN(CC(N)=O)CC2)CC1(Cl)Cl. The Morgan fingerprint density at radius 3 is 2.32 bits per heavy atom. The lowest BCUT2D eigenvalue weighted by atomic mass is 10.0. The highest BCUT2D eigenvalue weighted by atomic mass is 35.5. The molecule has 0 spiro atoms. The summed E-state index contributed by atoms with van der Waals surface area (Å²) in [5.41, 5.74) is 4.49. The molecule has 0 unspecified atom stereocenters. The van der Waals surface area contributed by atoms with E-state index in [1.165, 1.54) is 0 Å². The van der Waals surface area contributed by atoms with Crippen LogP contribution in [-0.4, -0.2) is 46.7 Å². The number of primary amides is 1. The average Bonchev–Trinajstić information content (AvgIpc) is 2.82. The zero-order chi connectivity index (χ0) is 14.3. The van der Waals surface area contributed by atoms with E-state index in [0.717, 1.165) is 25.9 Å². The van der Waals surface area contributed by atoms with Crippen LogP contribution in [0, 0.1) is 5.41 Å². The van der Waals surface area contributed by atoms with Gasteiger partial charge in [-0.25, -0.2) is 0 Å². The smallest absolute Gasteiger partial charge is 0.231 e. The van der Waals surface area contributed by atoms with E-state index in [0.29, 0.717) is 6.42 Å². The van der Waals surface area contributed by atoms with Gasteiger partial charge in [0.25, 0.3) is 0 Å². The molecule has 108 valence electrons. The second kappa shape index (κ2) is 5.11. The van der Waals surface area contributed by atoms with Crippen molar-refractivity contribution in [2.45, 2.75) is 36.6 Å². The fourth-order valence-electron chi connectivity index (χ4n) is 2.45. The van der Waals surface area contributed by atoms with Crippen molar-refractivity contribution in [3.8, 4) is 0 Å². The third kappa shape index (κ3) is 3.15. The quantitative estimate of drug-likeness (QED) is 0.748. The largest absolute Gasteiger partial charge is 0.369 e. The first-order valence-electron chi connectivity index (χ1n) is 6.44. The maximum atomic E-state index is 12.1. The van der Waals surface area contributed by atoms with Crippen molar-refractivity contribution in [2.24, 2.45) is 11.1 Å². The molecule has 1 saturated heterocycles. The number of likely N-dealkylation sites (tertiary alicyclic amines) is 1. The van der Waals surface area contributed by atoms with Crippen molar-refractivity contribution in [1.82, 2.24) is 10.2 Å². The van der Waals surface area contributed by atoms with Crippen molar-refractivity contribution >= 4 is 35.0 Å². The predicted molar refractivity (Wildman–Crippen MR) is 74.0 cm³/mol. The maximum absolute atomic E-state index is 12.1. The number of nitrogens with two attached hydrogens (primary N) is 1. The first kappa shape index (κ1) is 14.9. The minimum absolute atomic E-state index is 0.0779. The Kier molecular flexibility index (Phi) is 4.00. The molecule has 1 aliphatic heterocycles. The molecule has 19 heavy (non-hydrogen) atoms. The van der Waals surface area contributed by atoms with Crippen molar-refractivity contribution in [3.63, 3.8) is 0 Å². The average molecular weight is 308 g/mol. The molecule has 2 rings (SSSR count). The molecule has 1 saturated carbocycles. The molecule has 2 aliphatic rings. The number of hydrogen-bond acceptors (Lipinski definition) is 3. The van der Waals surface area contributed by atoms with Gasteiger partial charge >= 0.3 is 0 Å². The summed E-state index contributed by atoms with van der Waals surface area (Å²) >= 11 is 12.0. The number of rotatable bonds is 4. The molecule has 1 atom stereocenters. The summed E-state index contributed by atoms with van der Waals surface area (Å²) in [7, 11) is 0. The van der Waals surface area contributed by atoms with Gasteiger partial charge in [-0.15, -0.1) is 23.2 Å². The van der Waals surface area contributed by atoms with E-state index in [2.05, 4.69) is 5.32 Å². The fourth-order valence-corrected chi connectivity index (χ4v) is 3.15. The Morgan fingerprint density at radius 2 is 1.89 bits per heavy atom. The normalized spacial score (nSPS) is 30.9. The van der Waals surface area contributed by atoms with Crippen molar-refractivity contribution in [1.29, 1.82) is 0 Å². The number of carbonyl (C=O) groups excluding carboxylic acids is 2. The Balaban J connectivity index is 1.77. The third-order valence-electron chi connectivity index (χ3n) is 4.06. The monoisotopic (exact) mass is 307 g/mol. The number of nitrogens with one attached hydrogen (secondary N) is 1. The minimum atomic E-state index is -0.927. The van der Waals surface area contributed by atoms with Crippen LogP contribution in [0.25, 0.3) is 0 Å². The number of nitrogens with zero attached hydrogens (tertiary/aromatic N) is 1. The van der Waals surface area contributed by atoms with E-state index in [4.69, 9.17) is 28.9 Å². The van der Waals surface area contributed by atoms with Crippen LogP contribution in [0.1, 0.15) is 26.2 Å². The number of piperidine rings is 1.